The summed E-state index contributed by atoms with van der Waals surface area (Å²) < 4.78 is 4.77. The summed E-state index contributed by atoms with van der Waals surface area (Å²) in [5.74, 6) is -0.655. The molecule has 0 spiro atoms. The van der Waals surface area contributed by atoms with Gasteiger partial charge in [-0.2, -0.15) is 0 Å². The molecule has 1 heterocycles. The second kappa shape index (κ2) is 5.94. The zero-order valence-corrected chi connectivity index (χ0v) is 12.1. The predicted molar refractivity (Wildman–Crippen MR) is 76.6 cm³/mol. The van der Waals surface area contributed by atoms with Crippen LogP contribution in [0, 0.1) is 0 Å². The number of ether oxygens (including phenoxy) is 1. The number of amides is 1. The lowest BCUT2D eigenvalue weighted by Crippen LogP contribution is -2.49. The molecule has 2 rings (SSSR count). The lowest BCUT2D eigenvalue weighted by Gasteiger charge is -2.28. The SMILES string of the molecule is COC(=O)C(CN1c2ccccc2CC1C)NC(C)=O. The van der Waals surface area contributed by atoms with Gasteiger partial charge in [0, 0.05) is 25.2 Å². The number of rotatable bonds is 4. The van der Waals surface area contributed by atoms with E-state index in [0.717, 1.165) is 12.1 Å². The van der Waals surface area contributed by atoms with E-state index in [1.807, 2.05) is 18.2 Å². The number of benzene rings is 1. The normalized spacial score (nSPS) is 18.4. The molecule has 0 saturated carbocycles. The fourth-order valence-corrected chi connectivity index (χ4v) is 2.67. The zero-order valence-electron chi connectivity index (χ0n) is 12.1. The van der Waals surface area contributed by atoms with Gasteiger partial charge >= 0.3 is 5.97 Å². The Morgan fingerprint density at radius 2 is 2.15 bits per heavy atom. The molecule has 1 aromatic carbocycles. The van der Waals surface area contributed by atoms with E-state index in [-0.39, 0.29) is 5.91 Å². The van der Waals surface area contributed by atoms with Crippen LogP contribution in [0.4, 0.5) is 5.69 Å². The van der Waals surface area contributed by atoms with Crippen LogP contribution in [0.15, 0.2) is 24.3 Å². The summed E-state index contributed by atoms with van der Waals surface area (Å²) in [5, 5.41) is 2.65. The summed E-state index contributed by atoms with van der Waals surface area (Å²) in [7, 11) is 1.33. The Morgan fingerprint density at radius 1 is 1.45 bits per heavy atom. The van der Waals surface area contributed by atoms with Gasteiger partial charge in [0.05, 0.1) is 7.11 Å². The summed E-state index contributed by atoms with van der Waals surface area (Å²) in [4.78, 5) is 25.2. The van der Waals surface area contributed by atoms with Gasteiger partial charge in [-0.15, -0.1) is 0 Å². The van der Waals surface area contributed by atoms with E-state index in [2.05, 4.69) is 23.2 Å². The van der Waals surface area contributed by atoms with E-state index in [9.17, 15) is 9.59 Å². The fourth-order valence-electron chi connectivity index (χ4n) is 2.67. The molecule has 5 nitrogen and oxygen atoms in total. The highest BCUT2D eigenvalue weighted by molar-refractivity contribution is 5.84. The Balaban J connectivity index is 2.18. The van der Waals surface area contributed by atoms with Gasteiger partial charge in [-0.3, -0.25) is 4.79 Å². The number of nitrogens with one attached hydrogen (secondary N) is 1. The summed E-state index contributed by atoms with van der Waals surface area (Å²) in [6.45, 7) is 3.93. The maximum atomic E-state index is 11.8. The van der Waals surface area contributed by atoms with Gasteiger partial charge < -0.3 is 15.0 Å². The first-order valence-electron chi connectivity index (χ1n) is 6.72. The van der Waals surface area contributed by atoms with Crippen LogP contribution in [0.3, 0.4) is 0 Å². The number of methoxy groups -OCH3 is 1. The lowest BCUT2D eigenvalue weighted by molar-refractivity contribution is -0.144. The van der Waals surface area contributed by atoms with Crippen molar-refractivity contribution in [1.29, 1.82) is 0 Å². The van der Waals surface area contributed by atoms with Crippen LogP contribution in [0.1, 0.15) is 19.4 Å². The Hall–Kier alpha value is -2.04. The molecule has 2 unspecified atom stereocenters. The number of hydrogen-bond acceptors (Lipinski definition) is 4. The van der Waals surface area contributed by atoms with E-state index < -0.39 is 12.0 Å². The molecule has 1 N–H and O–H groups in total. The molecule has 0 saturated heterocycles. The number of carbonyl (C=O) groups excluding carboxylic acids is 2. The van der Waals surface area contributed by atoms with Gasteiger partial charge in [0.15, 0.2) is 0 Å². The van der Waals surface area contributed by atoms with E-state index >= 15 is 0 Å². The van der Waals surface area contributed by atoms with Gasteiger partial charge in [0.25, 0.3) is 0 Å². The van der Waals surface area contributed by atoms with Gasteiger partial charge in [0.1, 0.15) is 6.04 Å². The monoisotopic (exact) mass is 276 g/mol. The first-order chi connectivity index (χ1) is 9.52. The average molecular weight is 276 g/mol. The zero-order chi connectivity index (χ0) is 14.7. The number of fused-ring (bicyclic) bond motifs is 1. The third-order valence-electron chi connectivity index (χ3n) is 3.59. The smallest absolute Gasteiger partial charge is 0.330 e. The summed E-state index contributed by atoms with van der Waals surface area (Å²) in [6.07, 6.45) is 0.949. The molecule has 1 aliphatic rings. The number of hydrogen-bond donors (Lipinski definition) is 1. The van der Waals surface area contributed by atoms with E-state index in [4.69, 9.17) is 4.74 Å². The molecule has 0 aromatic heterocycles. The van der Waals surface area contributed by atoms with Crippen LogP contribution in [-0.4, -0.2) is 37.6 Å². The number of carbonyl (C=O) groups is 2. The van der Waals surface area contributed by atoms with Crippen molar-refractivity contribution in [2.75, 3.05) is 18.6 Å². The molecule has 0 aliphatic carbocycles. The van der Waals surface area contributed by atoms with Crippen LogP contribution < -0.4 is 10.2 Å². The first kappa shape index (κ1) is 14.4. The average Bonchev–Trinajstić information content (AvgIpc) is 2.73. The summed E-state index contributed by atoms with van der Waals surface area (Å²) >= 11 is 0. The Bertz CT molecular complexity index is 516. The minimum absolute atomic E-state index is 0.236. The van der Waals surface area contributed by atoms with Crippen molar-refractivity contribution < 1.29 is 14.3 Å². The van der Waals surface area contributed by atoms with Crippen molar-refractivity contribution in [2.45, 2.75) is 32.4 Å². The van der Waals surface area contributed by atoms with Crippen LogP contribution in [-0.2, 0) is 20.7 Å². The van der Waals surface area contributed by atoms with E-state index in [0.29, 0.717) is 12.6 Å². The molecule has 0 bridgehead atoms. The number of anilines is 1. The van der Waals surface area contributed by atoms with Crippen molar-refractivity contribution in [3.8, 4) is 0 Å². The molecule has 5 heteroatoms. The van der Waals surface area contributed by atoms with Gasteiger partial charge in [-0.1, -0.05) is 18.2 Å². The fraction of sp³-hybridized carbons (Fsp3) is 0.467. The van der Waals surface area contributed by atoms with Crippen molar-refractivity contribution in [3.05, 3.63) is 29.8 Å². The minimum Gasteiger partial charge on any atom is -0.467 e. The third-order valence-corrected chi connectivity index (χ3v) is 3.59. The standard InChI is InChI=1S/C15H20N2O3/c1-10-8-12-6-4-5-7-14(12)17(10)9-13(15(19)20-3)16-11(2)18/h4-7,10,13H,8-9H2,1-3H3,(H,16,18). The van der Waals surface area contributed by atoms with Crippen LogP contribution in [0.5, 0.6) is 0 Å². The molecule has 0 radical (unpaired) electrons. The number of esters is 1. The maximum absolute atomic E-state index is 11.8. The van der Waals surface area contributed by atoms with E-state index in [1.54, 1.807) is 0 Å². The van der Waals surface area contributed by atoms with Gasteiger partial charge in [-0.05, 0) is 25.0 Å². The number of para-hydroxylation sites is 1. The molecular formula is C15H20N2O3. The van der Waals surface area contributed by atoms with Crippen molar-refractivity contribution >= 4 is 17.6 Å². The Kier molecular flexibility index (Phi) is 4.27. The van der Waals surface area contributed by atoms with Crippen LogP contribution in [0.2, 0.25) is 0 Å². The van der Waals surface area contributed by atoms with Gasteiger partial charge in [-0.25, -0.2) is 4.79 Å². The quantitative estimate of drug-likeness (QED) is 0.837. The molecular weight excluding hydrogens is 256 g/mol. The van der Waals surface area contributed by atoms with Crippen molar-refractivity contribution in [3.63, 3.8) is 0 Å². The largest absolute Gasteiger partial charge is 0.467 e. The predicted octanol–water partition coefficient (Wildman–Crippen LogP) is 1.12. The molecule has 2 atom stereocenters. The number of nitrogens with zero attached hydrogens (tertiary/aromatic N) is 1. The molecule has 1 amide bonds. The maximum Gasteiger partial charge on any atom is 0.330 e. The van der Waals surface area contributed by atoms with Crippen LogP contribution >= 0.6 is 0 Å². The second-order valence-corrected chi connectivity index (χ2v) is 5.11. The highest BCUT2D eigenvalue weighted by Gasteiger charge is 2.30. The highest BCUT2D eigenvalue weighted by Crippen LogP contribution is 2.31. The lowest BCUT2D eigenvalue weighted by atomic mass is 10.1. The molecule has 0 fully saturated rings. The minimum atomic E-state index is -0.647. The molecule has 20 heavy (non-hydrogen) atoms. The topological polar surface area (TPSA) is 58.6 Å². The molecule has 1 aromatic rings. The molecule has 1 aliphatic heterocycles. The molecule has 108 valence electrons. The van der Waals surface area contributed by atoms with E-state index in [1.165, 1.54) is 19.6 Å². The second-order valence-electron chi connectivity index (χ2n) is 5.11. The first-order valence-corrected chi connectivity index (χ1v) is 6.72. The Morgan fingerprint density at radius 3 is 2.80 bits per heavy atom. The van der Waals surface area contributed by atoms with Crippen molar-refractivity contribution in [2.24, 2.45) is 0 Å². The third kappa shape index (κ3) is 2.92. The summed E-state index contributed by atoms with van der Waals surface area (Å²) in [6, 6.07) is 7.79. The van der Waals surface area contributed by atoms with Gasteiger partial charge in [0.2, 0.25) is 5.91 Å². The Labute approximate surface area is 118 Å². The van der Waals surface area contributed by atoms with Crippen molar-refractivity contribution in [1.82, 2.24) is 5.32 Å². The summed E-state index contributed by atoms with van der Waals surface area (Å²) in [5.41, 5.74) is 2.39. The highest BCUT2D eigenvalue weighted by atomic mass is 16.5. The van der Waals surface area contributed by atoms with Crippen LogP contribution in [0.25, 0.3) is 0 Å².